The summed E-state index contributed by atoms with van der Waals surface area (Å²) in [7, 11) is 0. The first kappa shape index (κ1) is 19.2. The molecule has 0 spiro atoms. The van der Waals surface area contributed by atoms with Gasteiger partial charge in [-0.05, 0) is 11.8 Å². The molecule has 0 amide bonds. The summed E-state index contributed by atoms with van der Waals surface area (Å²) in [6.07, 6.45) is 3.18. The topological polar surface area (TPSA) is 59.0 Å². The van der Waals surface area contributed by atoms with Gasteiger partial charge in [0.1, 0.15) is 0 Å². The van der Waals surface area contributed by atoms with Crippen LogP contribution in [0.2, 0.25) is 0 Å². The van der Waals surface area contributed by atoms with Gasteiger partial charge in [0.05, 0.1) is 0 Å². The van der Waals surface area contributed by atoms with Gasteiger partial charge >= 0.3 is 20.1 Å². The molecule has 0 bridgehead atoms. The van der Waals surface area contributed by atoms with Crippen molar-refractivity contribution < 1.29 is 20.1 Å². The van der Waals surface area contributed by atoms with Crippen LogP contribution >= 0.6 is 0 Å². The Bertz CT molecular complexity index is 571. The van der Waals surface area contributed by atoms with E-state index in [1.54, 1.807) is 13.1 Å². The molecular weight excluding hydrogens is 438 g/mol. The first-order valence-corrected chi connectivity index (χ1v) is 6.31. The van der Waals surface area contributed by atoms with Gasteiger partial charge in [0.25, 0.3) is 0 Å². The van der Waals surface area contributed by atoms with Crippen molar-refractivity contribution in [2.75, 3.05) is 0 Å². The van der Waals surface area contributed by atoms with E-state index in [4.69, 9.17) is 11.1 Å². The second-order valence-electron chi connectivity index (χ2n) is 4.46. The van der Waals surface area contributed by atoms with Crippen LogP contribution in [0.5, 0.6) is 0 Å². The van der Waals surface area contributed by atoms with E-state index in [9.17, 15) is 0 Å². The van der Waals surface area contributed by atoms with E-state index < -0.39 is 0 Å². The van der Waals surface area contributed by atoms with Crippen molar-refractivity contribution in [2.45, 2.75) is 20.8 Å². The number of nitrogens with zero attached hydrogens (tertiary/aromatic N) is 2. The maximum absolute atomic E-state index is 8.44. The normalized spacial score (nSPS) is 9.95. The van der Waals surface area contributed by atoms with Crippen LogP contribution in [0.3, 0.4) is 0 Å². The smallest absolute Gasteiger partial charge is 0.808 e. The van der Waals surface area contributed by atoms with Gasteiger partial charge in [0.15, 0.2) is 0 Å². The molecule has 0 fully saturated rings. The maximum Gasteiger partial charge on any atom is 3.00 e. The first-order valence-electron chi connectivity index (χ1n) is 6.31. The Morgan fingerprint density at radius 3 is 2.33 bits per heavy atom. The summed E-state index contributed by atoms with van der Waals surface area (Å²) >= 11 is 0. The molecule has 0 radical (unpaired) electrons. The second-order valence-corrected chi connectivity index (χ2v) is 4.46. The summed E-state index contributed by atoms with van der Waals surface area (Å²) in [5.41, 5.74) is 10.6. The van der Waals surface area contributed by atoms with E-state index in [0.29, 0.717) is 5.70 Å². The fourth-order valence-electron chi connectivity index (χ4n) is 1.50. The number of aryl methyl sites for hydroxylation is 1. The van der Waals surface area contributed by atoms with E-state index >= 15 is 0 Å². The van der Waals surface area contributed by atoms with Crippen LogP contribution in [0.25, 0.3) is 22.4 Å². The molecule has 2 aromatic rings. The molecule has 4 heteroatoms. The monoisotopic (exact) mass is 457 g/mol. The van der Waals surface area contributed by atoms with Crippen molar-refractivity contribution >= 4 is 5.71 Å². The van der Waals surface area contributed by atoms with Gasteiger partial charge in [-0.25, -0.2) is 0 Å². The van der Waals surface area contributed by atoms with Crippen LogP contribution in [0.1, 0.15) is 19.4 Å². The van der Waals surface area contributed by atoms with Crippen LogP contribution < -0.4 is 0 Å². The van der Waals surface area contributed by atoms with Gasteiger partial charge in [-0.3, -0.25) is 0 Å². The molecule has 3 nitrogen and oxygen atoms in total. The number of rotatable bonds is 2. The summed E-state index contributed by atoms with van der Waals surface area (Å²) in [6, 6.07) is 15.2. The Hall–Kier alpha value is -1.77. The van der Waals surface area contributed by atoms with Crippen molar-refractivity contribution in [1.82, 2.24) is 4.98 Å². The van der Waals surface area contributed by atoms with Gasteiger partial charge in [-0.1, -0.05) is 32.9 Å². The molecular formula is C17H18IrN3. The molecule has 0 aliphatic heterocycles. The number of nitrogens with one attached hydrogen (secondary N) is 1. The predicted molar refractivity (Wildman–Crippen MR) is 85.4 cm³/mol. The summed E-state index contributed by atoms with van der Waals surface area (Å²) in [5.74, 6) is 0. The van der Waals surface area contributed by atoms with E-state index in [1.165, 1.54) is 18.6 Å². The largest absolute Gasteiger partial charge is 3.00 e. The Kier molecular flexibility index (Phi) is 9.18. The predicted octanol–water partition coefficient (Wildman–Crippen LogP) is 4.83. The average Bonchev–Trinajstić information content (AvgIpc) is 2.40. The average molecular weight is 457 g/mol. The first-order chi connectivity index (χ1) is 9.49. The van der Waals surface area contributed by atoms with E-state index in [1.807, 2.05) is 30.3 Å². The number of allylic oxidation sites excluding steroid dienone is 2. The molecule has 21 heavy (non-hydrogen) atoms. The third-order valence-electron chi connectivity index (χ3n) is 2.33. The molecule has 0 unspecified atom stereocenters. The molecule has 1 N–H and O–H groups in total. The molecule has 1 aromatic carbocycles. The van der Waals surface area contributed by atoms with Crippen molar-refractivity contribution in [3.05, 3.63) is 77.1 Å². The zero-order valence-electron chi connectivity index (χ0n) is 12.3. The molecule has 0 atom stereocenters. The van der Waals surface area contributed by atoms with Gasteiger partial charge < -0.3 is 16.1 Å². The number of pyridine rings is 1. The van der Waals surface area contributed by atoms with Crippen LogP contribution in [-0.4, -0.2) is 10.7 Å². The Labute approximate surface area is 140 Å². The molecule has 0 saturated carbocycles. The Morgan fingerprint density at radius 2 is 1.95 bits per heavy atom. The molecule has 1 heterocycles. The van der Waals surface area contributed by atoms with Crippen LogP contribution in [0.15, 0.2) is 54.4 Å². The summed E-state index contributed by atoms with van der Waals surface area (Å²) in [4.78, 5) is 4.25. The Balaban J connectivity index is 0.000000436. The van der Waals surface area contributed by atoms with Crippen molar-refractivity contribution in [3.63, 3.8) is 0 Å². The van der Waals surface area contributed by atoms with Crippen LogP contribution in [0, 0.1) is 13.0 Å². The zero-order valence-corrected chi connectivity index (χ0v) is 14.7. The molecule has 110 valence electrons. The third kappa shape index (κ3) is 8.18. The summed E-state index contributed by atoms with van der Waals surface area (Å²) < 4.78 is 0. The molecule has 1 aromatic heterocycles. The fraction of sp³-hybridized carbons (Fsp3) is 0.176. The van der Waals surface area contributed by atoms with Crippen molar-refractivity contribution in [2.24, 2.45) is 0 Å². The van der Waals surface area contributed by atoms with Gasteiger partial charge in [-0.2, -0.15) is 11.4 Å². The summed E-state index contributed by atoms with van der Waals surface area (Å²) in [6.45, 7) is 5.20. The van der Waals surface area contributed by atoms with Gasteiger partial charge in [0.2, 0.25) is 0 Å². The number of hydrogen-bond donors (Lipinski definition) is 0. The van der Waals surface area contributed by atoms with Gasteiger partial charge in [0, 0.05) is 6.20 Å². The molecule has 2 rings (SSSR count). The zero-order chi connectivity index (χ0) is 15.0. The quantitative estimate of drug-likeness (QED) is 0.472. The van der Waals surface area contributed by atoms with E-state index in [-0.39, 0.29) is 25.8 Å². The molecule has 0 saturated heterocycles. The minimum absolute atomic E-state index is 0. The van der Waals surface area contributed by atoms with Crippen molar-refractivity contribution in [3.8, 4) is 11.3 Å². The number of benzene rings is 1. The maximum atomic E-state index is 8.44. The van der Waals surface area contributed by atoms with Gasteiger partial charge in [-0.15, -0.1) is 41.5 Å². The number of aromatic nitrogens is 1. The molecule has 0 aliphatic rings. The Morgan fingerprint density at radius 1 is 1.24 bits per heavy atom. The van der Waals surface area contributed by atoms with E-state index in [2.05, 4.69) is 24.0 Å². The second kappa shape index (κ2) is 10.0. The van der Waals surface area contributed by atoms with E-state index in [0.717, 1.165) is 11.3 Å². The third-order valence-corrected chi connectivity index (χ3v) is 2.33. The van der Waals surface area contributed by atoms with Crippen LogP contribution in [0.4, 0.5) is 0 Å². The minimum atomic E-state index is 0. The standard InChI is InChI=1S/C12H10N.C5H8N2.Ir/c1-10-5-7-11(8-6-10)12-4-2-3-9-13-12;1-4(6)3-5(2)7;/h2-7,9H,1H3;3,6H,1-2H3;/q-1;-2;+3. The van der Waals surface area contributed by atoms with Crippen molar-refractivity contribution in [1.29, 1.82) is 0 Å². The molecule has 0 aliphatic carbocycles. The summed E-state index contributed by atoms with van der Waals surface area (Å²) in [5, 5.41) is 8.44. The SMILES string of the molecule is CC(=[N-])C=C(C)[NH-].Cc1c[c-]c(-c2ccccn2)cc1.[Ir+3]. The minimum Gasteiger partial charge on any atom is -0.808 e. The van der Waals surface area contributed by atoms with Crippen LogP contribution in [-0.2, 0) is 20.1 Å². The fourth-order valence-corrected chi connectivity index (χ4v) is 1.50. The number of hydrogen-bond acceptors (Lipinski definition) is 1.